The Balaban J connectivity index is 1.93. The molecule has 3 rings (SSSR count). The number of rotatable bonds is 2. The van der Waals surface area contributed by atoms with E-state index in [1.54, 1.807) is 36.7 Å². The molecule has 0 saturated heterocycles. The van der Waals surface area contributed by atoms with Crippen LogP contribution >= 0.6 is 0 Å². The number of halogens is 5. The molecule has 3 nitrogen and oxygen atoms in total. The third-order valence-corrected chi connectivity index (χ3v) is 3.86. The number of aromatic nitrogens is 1. The smallest absolute Gasteiger partial charge is 0.306 e. The molecular formula is C16H11F5N2O. The van der Waals surface area contributed by atoms with Crippen molar-refractivity contribution < 1.29 is 26.7 Å². The van der Waals surface area contributed by atoms with Gasteiger partial charge in [0.1, 0.15) is 0 Å². The number of anilines is 1. The minimum Gasteiger partial charge on any atom is -0.306 e. The molecule has 0 N–H and O–H groups in total. The largest absolute Gasteiger partial charge is 0.463 e. The van der Waals surface area contributed by atoms with E-state index >= 15 is 0 Å². The second kappa shape index (κ2) is 5.54. The molecule has 1 amide bonds. The van der Waals surface area contributed by atoms with E-state index in [-0.39, 0.29) is 18.7 Å². The van der Waals surface area contributed by atoms with Crippen molar-refractivity contribution in [3.05, 3.63) is 48.3 Å². The highest BCUT2D eigenvalue weighted by atomic mass is 19.4. The SMILES string of the molecule is O=C(N1CCc2cc(-c3ccncc3)ccc21)C(F)(F)C(F)(F)F. The molecule has 1 aromatic heterocycles. The summed E-state index contributed by atoms with van der Waals surface area (Å²) in [6, 6.07) is 8.15. The number of amides is 1. The van der Waals surface area contributed by atoms with Crippen LogP contribution in [0.3, 0.4) is 0 Å². The van der Waals surface area contributed by atoms with Gasteiger partial charge in [-0.05, 0) is 47.4 Å². The lowest BCUT2D eigenvalue weighted by molar-refractivity contribution is -0.268. The molecule has 2 heterocycles. The first-order valence-electron chi connectivity index (χ1n) is 7.01. The van der Waals surface area contributed by atoms with Crippen LogP contribution in [0.5, 0.6) is 0 Å². The van der Waals surface area contributed by atoms with Gasteiger partial charge in [-0.25, -0.2) is 0 Å². The summed E-state index contributed by atoms with van der Waals surface area (Å²) >= 11 is 0. The van der Waals surface area contributed by atoms with E-state index < -0.39 is 18.0 Å². The molecule has 0 atom stereocenters. The molecule has 1 aromatic carbocycles. The van der Waals surface area contributed by atoms with Crippen molar-refractivity contribution in [2.24, 2.45) is 0 Å². The first kappa shape index (κ1) is 16.4. The lowest BCUT2D eigenvalue weighted by Crippen LogP contribution is -2.51. The molecule has 1 aliphatic heterocycles. The summed E-state index contributed by atoms with van der Waals surface area (Å²) in [5, 5.41) is 0. The zero-order valence-corrected chi connectivity index (χ0v) is 12.1. The van der Waals surface area contributed by atoms with Gasteiger partial charge in [0, 0.05) is 24.6 Å². The molecule has 0 spiro atoms. The summed E-state index contributed by atoms with van der Waals surface area (Å²) in [7, 11) is 0. The van der Waals surface area contributed by atoms with E-state index in [4.69, 9.17) is 0 Å². The molecule has 0 unspecified atom stereocenters. The molecule has 0 bridgehead atoms. The van der Waals surface area contributed by atoms with Crippen LogP contribution in [0.1, 0.15) is 5.56 Å². The van der Waals surface area contributed by atoms with Gasteiger partial charge in [0.2, 0.25) is 0 Å². The van der Waals surface area contributed by atoms with Gasteiger partial charge in [-0.1, -0.05) is 6.07 Å². The molecule has 126 valence electrons. The molecule has 0 fully saturated rings. The second-order valence-electron chi connectivity index (χ2n) is 5.36. The van der Waals surface area contributed by atoms with Crippen molar-refractivity contribution >= 4 is 11.6 Å². The normalized spacial score (nSPS) is 14.6. The molecule has 8 heteroatoms. The van der Waals surface area contributed by atoms with Crippen molar-refractivity contribution in [3.63, 3.8) is 0 Å². The zero-order chi connectivity index (χ0) is 17.5. The summed E-state index contributed by atoms with van der Waals surface area (Å²) < 4.78 is 63.8. The Morgan fingerprint density at radius 1 is 1.00 bits per heavy atom. The fraction of sp³-hybridized carbons (Fsp3) is 0.250. The van der Waals surface area contributed by atoms with Gasteiger partial charge >= 0.3 is 18.0 Å². The van der Waals surface area contributed by atoms with E-state index in [0.29, 0.717) is 10.5 Å². The maximum absolute atomic E-state index is 13.3. The van der Waals surface area contributed by atoms with Crippen LogP contribution in [0.25, 0.3) is 11.1 Å². The van der Waals surface area contributed by atoms with E-state index in [0.717, 1.165) is 11.1 Å². The predicted molar refractivity (Wildman–Crippen MR) is 76.7 cm³/mol. The molecule has 1 aliphatic rings. The Bertz CT molecular complexity index is 774. The third kappa shape index (κ3) is 2.61. The van der Waals surface area contributed by atoms with E-state index in [2.05, 4.69) is 4.98 Å². The minimum absolute atomic E-state index is 0.0849. The second-order valence-corrected chi connectivity index (χ2v) is 5.36. The first-order valence-corrected chi connectivity index (χ1v) is 7.01. The van der Waals surface area contributed by atoms with Crippen LogP contribution in [0.2, 0.25) is 0 Å². The number of pyridine rings is 1. The predicted octanol–water partition coefficient (Wildman–Crippen LogP) is 3.84. The summed E-state index contributed by atoms with van der Waals surface area (Å²) in [6.45, 7) is -0.209. The van der Waals surface area contributed by atoms with Gasteiger partial charge in [0.25, 0.3) is 0 Å². The molecular weight excluding hydrogens is 331 g/mol. The topological polar surface area (TPSA) is 33.2 Å². The number of nitrogens with zero attached hydrogens (tertiary/aromatic N) is 2. The quantitative estimate of drug-likeness (QED) is 0.777. The fourth-order valence-electron chi connectivity index (χ4n) is 2.63. The molecule has 0 aliphatic carbocycles. The maximum Gasteiger partial charge on any atom is 0.463 e. The highest BCUT2D eigenvalue weighted by molar-refractivity contribution is 6.00. The van der Waals surface area contributed by atoms with Crippen LogP contribution in [0, 0.1) is 0 Å². The van der Waals surface area contributed by atoms with Crippen LogP contribution in [-0.2, 0) is 11.2 Å². The summed E-state index contributed by atoms with van der Waals surface area (Å²) in [5.74, 6) is -7.65. The average Bonchev–Trinajstić information content (AvgIpc) is 2.96. The average molecular weight is 342 g/mol. The number of carbonyl (C=O) groups excluding carboxylic acids is 1. The number of hydrogen-bond donors (Lipinski definition) is 0. The standard InChI is InChI=1S/C16H11F5N2O/c17-15(18,16(19,20)21)14(24)23-8-5-12-9-11(1-2-13(12)23)10-3-6-22-7-4-10/h1-4,6-7,9H,5,8H2. The molecule has 24 heavy (non-hydrogen) atoms. The lowest BCUT2D eigenvalue weighted by Gasteiger charge is -2.25. The van der Waals surface area contributed by atoms with Gasteiger partial charge in [0.05, 0.1) is 0 Å². The van der Waals surface area contributed by atoms with E-state index in [9.17, 15) is 26.7 Å². The lowest BCUT2D eigenvalue weighted by atomic mass is 10.0. The number of hydrogen-bond acceptors (Lipinski definition) is 2. The van der Waals surface area contributed by atoms with Crippen LogP contribution in [-0.4, -0.2) is 29.5 Å². The molecule has 0 saturated carbocycles. The zero-order valence-electron chi connectivity index (χ0n) is 12.1. The van der Waals surface area contributed by atoms with Crippen LogP contribution in [0.4, 0.5) is 27.6 Å². The monoisotopic (exact) mass is 342 g/mol. The first-order chi connectivity index (χ1) is 11.2. The van der Waals surface area contributed by atoms with Crippen molar-refractivity contribution in [1.82, 2.24) is 4.98 Å². The van der Waals surface area contributed by atoms with Crippen LogP contribution in [0.15, 0.2) is 42.7 Å². The summed E-state index contributed by atoms with van der Waals surface area (Å²) in [6.07, 6.45) is -2.53. The number of alkyl halides is 5. The van der Waals surface area contributed by atoms with E-state index in [1.165, 1.54) is 6.07 Å². The molecule has 0 radical (unpaired) electrons. The Hall–Kier alpha value is -2.51. The van der Waals surface area contributed by atoms with Gasteiger partial charge in [0.15, 0.2) is 0 Å². The Kier molecular flexibility index (Phi) is 3.77. The number of fused-ring (bicyclic) bond motifs is 1. The van der Waals surface area contributed by atoms with Gasteiger partial charge in [-0.2, -0.15) is 22.0 Å². The van der Waals surface area contributed by atoms with Gasteiger partial charge < -0.3 is 4.90 Å². The van der Waals surface area contributed by atoms with Crippen molar-refractivity contribution in [1.29, 1.82) is 0 Å². The number of benzene rings is 1. The highest BCUT2D eigenvalue weighted by Gasteiger charge is 2.65. The van der Waals surface area contributed by atoms with Crippen molar-refractivity contribution in [3.8, 4) is 11.1 Å². The van der Waals surface area contributed by atoms with Crippen LogP contribution < -0.4 is 4.90 Å². The highest BCUT2D eigenvalue weighted by Crippen LogP contribution is 2.40. The van der Waals surface area contributed by atoms with E-state index in [1.807, 2.05) is 0 Å². The van der Waals surface area contributed by atoms with Crippen molar-refractivity contribution in [2.45, 2.75) is 18.5 Å². The summed E-state index contributed by atoms with van der Waals surface area (Å²) in [4.78, 5) is 16.1. The van der Waals surface area contributed by atoms with Crippen molar-refractivity contribution in [2.75, 3.05) is 11.4 Å². The maximum atomic E-state index is 13.3. The Morgan fingerprint density at radius 3 is 2.29 bits per heavy atom. The fourth-order valence-corrected chi connectivity index (χ4v) is 2.63. The Morgan fingerprint density at radius 2 is 1.67 bits per heavy atom. The van der Waals surface area contributed by atoms with Gasteiger partial charge in [-0.15, -0.1) is 0 Å². The molecule has 2 aromatic rings. The Labute approximate surface area is 133 Å². The van der Waals surface area contributed by atoms with Gasteiger partial charge in [-0.3, -0.25) is 9.78 Å². The minimum atomic E-state index is -5.91. The summed E-state index contributed by atoms with van der Waals surface area (Å²) in [5.41, 5.74) is 2.24. The third-order valence-electron chi connectivity index (χ3n) is 3.86. The number of carbonyl (C=O) groups is 1.